The number of carbonyl (C=O) groups excluding carboxylic acids is 1. The van der Waals surface area contributed by atoms with E-state index >= 15 is 0 Å². The number of fused-ring (bicyclic) bond motifs is 2. The molecular formula is C23H17F3N2O3. The molecule has 1 aliphatic heterocycles. The number of benzene rings is 3. The largest absolute Gasteiger partial charge is 0.573 e. The highest BCUT2D eigenvalue weighted by Crippen LogP contribution is 2.35. The van der Waals surface area contributed by atoms with E-state index in [1.807, 2.05) is 24.3 Å². The molecule has 4 rings (SSSR count). The van der Waals surface area contributed by atoms with Gasteiger partial charge in [-0.3, -0.25) is 10.0 Å². The van der Waals surface area contributed by atoms with Crippen molar-refractivity contribution in [3.05, 3.63) is 94.5 Å². The normalized spacial score (nSPS) is 13.2. The summed E-state index contributed by atoms with van der Waals surface area (Å²) in [6.07, 6.45) is -3.97. The molecule has 0 aromatic heterocycles. The van der Waals surface area contributed by atoms with Crippen molar-refractivity contribution in [3.8, 4) is 5.75 Å². The third-order valence-electron chi connectivity index (χ3n) is 5.00. The van der Waals surface area contributed by atoms with E-state index < -0.39 is 12.3 Å². The monoisotopic (exact) mass is 426 g/mol. The van der Waals surface area contributed by atoms with E-state index in [9.17, 15) is 18.0 Å². The summed E-state index contributed by atoms with van der Waals surface area (Å²) in [5, 5.41) is 8.81. The van der Waals surface area contributed by atoms with Crippen LogP contribution in [0.25, 0.3) is 0 Å². The van der Waals surface area contributed by atoms with Crippen molar-refractivity contribution in [2.75, 3.05) is 0 Å². The molecule has 0 saturated carbocycles. The summed E-state index contributed by atoms with van der Waals surface area (Å²) in [5.41, 5.74) is 5.43. The topological polar surface area (TPSA) is 70.9 Å². The Morgan fingerprint density at radius 2 is 1.71 bits per heavy atom. The number of amides is 1. The van der Waals surface area contributed by atoms with Crippen LogP contribution in [0.2, 0.25) is 0 Å². The summed E-state index contributed by atoms with van der Waals surface area (Å²) >= 11 is 0. The first-order valence-corrected chi connectivity index (χ1v) is 9.45. The molecule has 0 aliphatic carbocycles. The van der Waals surface area contributed by atoms with Crippen molar-refractivity contribution in [1.82, 2.24) is 5.48 Å². The third kappa shape index (κ3) is 4.44. The zero-order valence-corrected chi connectivity index (χ0v) is 16.1. The molecule has 1 heterocycles. The van der Waals surface area contributed by atoms with Crippen LogP contribution >= 0.6 is 0 Å². The number of para-hydroxylation sites is 1. The zero-order valence-electron chi connectivity index (χ0n) is 16.1. The van der Waals surface area contributed by atoms with E-state index in [0.717, 1.165) is 11.3 Å². The molecule has 3 aromatic carbocycles. The Balaban J connectivity index is 1.89. The smallest absolute Gasteiger partial charge is 0.405 e. The molecule has 0 bridgehead atoms. The summed E-state index contributed by atoms with van der Waals surface area (Å²) in [6, 6.07) is 18.2. The van der Waals surface area contributed by atoms with E-state index in [1.165, 1.54) is 24.3 Å². The number of ether oxygens (including phenoxy) is 1. The van der Waals surface area contributed by atoms with Gasteiger partial charge in [0.15, 0.2) is 0 Å². The molecule has 5 nitrogen and oxygen atoms in total. The van der Waals surface area contributed by atoms with Crippen LogP contribution < -0.4 is 10.2 Å². The molecule has 3 aromatic rings. The highest BCUT2D eigenvalue weighted by molar-refractivity contribution is 6.15. The number of halogens is 3. The van der Waals surface area contributed by atoms with Gasteiger partial charge in [-0.25, -0.2) is 10.5 Å². The Morgan fingerprint density at radius 1 is 0.968 bits per heavy atom. The fourth-order valence-corrected chi connectivity index (χ4v) is 3.60. The van der Waals surface area contributed by atoms with Crippen molar-refractivity contribution >= 4 is 17.3 Å². The van der Waals surface area contributed by atoms with E-state index in [0.29, 0.717) is 35.2 Å². The Labute approximate surface area is 175 Å². The number of hydroxylamine groups is 1. The number of hydrogen-bond acceptors (Lipinski definition) is 4. The van der Waals surface area contributed by atoms with Gasteiger partial charge in [0.1, 0.15) is 5.75 Å². The average Bonchev–Trinajstić information content (AvgIpc) is 2.74. The lowest BCUT2D eigenvalue weighted by Crippen LogP contribution is -2.20. The summed E-state index contributed by atoms with van der Waals surface area (Å²) in [7, 11) is 0. The molecule has 0 fully saturated rings. The van der Waals surface area contributed by atoms with E-state index in [1.54, 1.807) is 23.7 Å². The standard InChI is InChI=1S/C23H17F3N2O3/c24-23(25,26)31-20-7-3-5-18-17(20)13-12-14-4-1-2-6-19(14)27-21(18)15-8-10-16(11-9-15)22(29)28-30/h1-11,30H,12-13H2,(H,28,29). The Morgan fingerprint density at radius 3 is 2.42 bits per heavy atom. The highest BCUT2D eigenvalue weighted by Gasteiger charge is 2.33. The lowest BCUT2D eigenvalue weighted by molar-refractivity contribution is -0.274. The highest BCUT2D eigenvalue weighted by atomic mass is 19.4. The fourth-order valence-electron chi connectivity index (χ4n) is 3.60. The van der Waals surface area contributed by atoms with Gasteiger partial charge in [-0.15, -0.1) is 13.2 Å². The van der Waals surface area contributed by atoms with Crippen LogP contribution in [0.5, 0.6) is 5.75 Å². The first-order valence-electron chi connectivity index (χ1n) is 9.45. The predicted molar refractivity (Wildman–Crippen MR) is 108 cm³/mol. The second-order valence-corrected chi connectivity index (χ2v) is 6.94. The molecule has 0 atom stereocenters. The van der Waals surface area contributed by atoms with Crippen LogP contribution in [-0.2, 0) is 12.8 Å². The van der Waals surface area contributed by atoms with Crippen LogP contribution in [0.3, 0.4) is 0 Å². The lowest BCUT2D eigenvalue weighted by atomic mass is 9.90. The van der Waals surface area contributed by atoms with Crippen LogP contribution in [0.1, 0.15) is 32.6 Å². The number of nitrogens with one attached hydrogen (secondary N) is 1. The maximum Gasteiger partial charge on any atom is 0.573 e. The minimum absolute atomic E-state index is 0.229. The van der Waals surface area contributed by atoms with E-state index in [4.69, 9.17) is 10.2 Å². The Hall–Kier alpha value is -3.65. The number of aliphatic imine (C=N–C) groups is 1. The SMILES string of the molecule is O=C(NO)c1ccc(C2=Nc3ccccc3CCc3c(OC(F)(F)F)cccc32)cc1. The maximum absolute atomic E-state index is 13.0. The van der Waals surface area contributed by atoms with Gasteiger partial charge >= 0.3 is 6.36 Å². The fraction of sp³-hybridized carbons (Fsp3) is 0.130. The predicted octanol–water partition coefficient (Wildman–Crippen LogP) is 4.97. The molecule has 2 N–H and O–H groups in total. The van der Waals surface area contributed by atoms with E-state index in [-0.39, 0.29) is 11.3 Å². The summed E-state index contributed by atoms with van der Waals surface area (Å²) < 4.78 is 43.3. The Bertz CT molecular complexity index is 1160. The third-order valence-corrected chi connectivity index (χ3v) is 5.00. The number of hydrogen-bond donors (Lipinski definition) is 2. The van der Waals surface area contributed by atoms with Gasteiger partial charge < -0.3 is 4.74 Å². The number of carbonyl (C=O) groups is 1. The molecule has 31 heavy (non-hydrogen) atoms. The molecule has 0 spiro atoms. The molecular weight excluding hydrogens is 409 g/mol. The molecule has 0 unspecified atom stereocenters. The van der Waals surface area contributed by atoms with Crippen LogP contribution in [0, 0.1) is 0 Å². The number of alkyl halides is 3. The van der Waals surface area contributed by atoms with E-state index in [2.05, 4.69) is 4.74 Å². The van der Waals surface area contributed by atoms with Crippen molar-refractivity contribution in [3.63, 3.8) is 0 Å². The van der Waals surface area contributed by atoms with Crippen LogP contribution in [0.15, 0.2) is 71.7 Å². The molecule has 0 saturated heterocycles. The van der Waals surface area contributed by atoms with Gasteiger partial charge in [0.2, 0.25) is 0 Å². The second kappa shape index (κ2) is 8.23. The van der Waals surface area contributed by atoms with Crippen molar-refractivity contribution in [1.29, 1.82) is 0 Å². The minimum Gasteiger partial charge on any atom is -0.405 e. The van der Waals surface area contributed by atoms with Crippen LogP contribution in [0.4, 0.5) is 18.9 Å². The lowest BCUT2D eigenvalue weighted by Gasteiger charge is -2.21. The number of nitrogens with zero attached hydrogens (tertiary/aromatic N) is 1. The van der Waals surface area contributed by atoms with Gasteiger partial charge in [-0.1, -0.05) is 42.5 Å². The van der Waals surface area contributed by atoms with Crippen molar-refractivity contribution in [2.45, 2.75) is 19.2 Å². The molecule has 1 aliphatic rings. The number of rotatable bonds is 3. The molecule has 8 heteroatoms. The molecule has 158 valence electrons. The second-order valence-electron chi connectivity index (χ2n) is 6.94. The van der Waals surface area contributed by atoms with Crippen molar-refractivity contribution in [2.24, 2.45) is 4.99 Å². The number of aryl methyl sites for hydroxylation is 1. The van der Waals surface area contributed by atoms with Crippen molar-refractivity contribution < 1.29 is 27.9 Å². The van der Waals surface area contributed by atoms with Gasteiger partial charge in [0.25, 0.3) is 5.91 Å². The first-order chi connectivity index (χ1) is 14.9. The van der Waals surface area contributed by atoms with Gasteiger partial charge in [0, 0.05) is 22.3 Å². The zero-order chi connectivity index (χ0) is 22.0. The Kier molecular flexibility index (Phi) is 5.48. The average molecular weight is 426 g/mol. The van der Waals surface area contributed by atoms with Gasteiger partial charge in [-0.2, -0.15) is 0 Å². The molecule has 0 radical (unpaired) electrons. The summed E-state index contributed by atoms with van der Waals surface area (Å²) in [4.78, 5) is 16.4. The summed E-state index contributed by atoms with van der Waals surface area (Å²) in [5.74, 6) is -0.925. The quantitative estimate of drug-likeness (QED) is 0.459. The molecule has 1 amide bonds. The van der Waals surface area contributed by atoms with Crippen LogP contribution in [-0.4, -0.2) is 23.2 Å². The van der Waals surface area contributed by atoms with Gasteiger partial charge in [-0.05, 0) is 42.7 Å². The maximum atomic E-state index is 13.0. The first kappa shape index (κ1) is 20.6. The van der Waals surface area contributed by atoms with Gasteiger partial charge in [0.05, 0.1) is 11.4 Å². The minimum atomic E-state index is -4.81. The summed E-state index contributed by atoms with van der Waals surface area (Å²) in [6.45, 7) is 0.